The van der Waals surface area contributed by atoms with Crippen LogP contribution in [0.15, 0.2) is 24.3 Å². The molecule has 2 aliphatic rings. The SMILES string of the molecule is COCC(=O)N1CCC(Oc2ccc(C(=O)N3CCCN(C)CC3)cc2)CC1. The normalized spacial score (nSPS) is 19.4. The lowest BCUT2D eigenvalue weighted by molar-refractivity contribution is -0.136. The third-order valence-electron chi connectivity index (χ3n) is 5.47. The number of hydrogen-bond acceptors (Lipinski definition) is 5. The number of likely N-dealkylation sites (N-methyl/N-ethyl adjacent to an activating group) is 1. The Kier molecular flexibility index (Phi) is 7.28. The van der Waals surface area contributed by atoms with Crippen molar-refractivity contribution in [1.82, 2.24) is 14.7 Å². The monoisotopic (exact) mass is 389 g/mol. The van der Waals surface area contributed by atoms with E-state index in [9.17, 15) is 9.59 Å². The lowest BCUT2D eigenvalue weighted by atomic mass is 10.1. The summed E-state index contributed by atoms with van der Waals surface area (Å²) in [5, 5.41) is 0. The summed E-state index contributed by atoms with van der Waals surface area (Å²) < 4.78 is 11.0. The highest BCUT2D eigenvalue weighted by Gasteiger charge is 2.24. The summed E-state index contributed by atoms with van der Waals surface area (Å²) in [4.78, 5) is 30.6. The van der Waals surface area contributed by atoms with Gasteiger partial charge in [0.05, 0.1) is 0 Å². The van der Waals surface area contributed by atoms with Gasteiger partial charge in [-0.05, 0) is 44.3 Å². The van der Waals surface area contributed by atoms with Crippen LogP contribution in [-0.2, 0) is 9.53 Å². The van der Waals surface area contributed by atoms with Crippen LogP contribution >= 0.6 is 0 Å². The maximum absolute atomic E-state index is 12.7. The van der Waals surface area contributed by atoms with Gasteiger partial charge in [0.1, 0.15) is 18.5 Å². The summed E-state index contributed by atoms with van der Waals surface area (Å²) in [5.74, 6) is 0.893. The molecule has 0 spiro atoms. The van der Waals surface area contributed by atoms with Crippen LogP contribution in [0.4, 0.5) is 0 Å². The number of carbonyl (C=O) groups excluding carboxylic acids is 2. The molecule has 7 nitrogen and oxygen atoms in total. The molecule has 0 atom stereocenters. The van der Waals surface area contributed by atoms with E-state index in [4.69, 9.17) is 9.47 Å². The minimum atomic E-state index is 0.0310. The van der Waals surface area contributed by atoms with Gasteiger partial charge in [0.2, 0.25) is 5.91 Å². The molecule has 1 aromatic rings. The highest BCUT2D eigenvalue weighted by atomic mass is 16.5. The van der Waals surface area contributed by atoms with Crippen molar-refractivity contribution in [1.29, 1.82) is 0 Å². The van der Waals surface area contributed by atoms with E-state index in [-0.39, 0.29) is 24.5 Å². The van der Waals surface area contributed by atoms with Crippen molar-refractivity contribution in [3.63, 3.8) is 0 Å². The van der Waals surface area contributed by atoms with Gasteiger partial charge in [-0.15, -0.1) is 0 Å². The first kappa shape index (κ1) is 20.6. The Morgan fingerprint density at radius 2 is 1.68 bits per heavy atom. The highest BCUT2D eigenvalue weighted by Crippen LogP contribution is 2.20. The third-order valence-corrected chi connectivity index (χ3v) is 5.47. The third kappa shape index (κ3) is 5.45. The fraction of sp³-hybridized carbons (Fsp3) is 0.619. The molecular formula is C21H31N3O4. The molecule has 28 heavy (non-hydrogen) atoms. The Bertz CT molecular complexity index is 656. The van der Waals surface area contributed by atoms with Crippen molar-refractivity contribution in [3.8, 4) is 5.75 Å². The zero-order chi connectivity index (χ0) is 19.9. The zero-order valence-corrected chi connectivity index (χ0v) is 16.9. The van der Waals surface area contributed by atoms with Gasteiger partial charge in [0.15, 0.2) is 0 Å². The maximum atomic E-state index is 12.7. The Balaban J connectivity index is 1.49. The maximum Gasteiger partial charge on any atom is 0.253 e. The Morgan fingerprint density at radius 3 is 2.36 bits per heavy atom. The number of piperidine rings is 1. The van der Waals surface area contributed by atoms with Crippen LogP contribution in [0.25, 0.3) is 0 Å². The fourth-order valence-corrected chi connectivity index (χ4v) is 3.74. The molecule has 2 saturated heterocycles. The van der Waals surface area contributed by atoms with E-state index < -0.39 is 0 Å². The molecule has 0 aliphatic carbocycles. The highest BCUT2D eigenvalue weighted by molar-refractivity contribution is 5.94. The molecule has 0 aromatic heterocycles. The van der Waals surface area contributed by atoms with E-state index in [2.05, 4.69) is 11.9 Å². The van der Waals surface area contributed by atoms with E-state index in [1.807, 2.05) is 34.1 Å². The van der Waals surface area contributed by atoms with Gasteiger partial charge in [-0.25, -0.2) is 0 Å². The van der Waals surface area contributed by atoms with Crippen LogP contribution in [0.2, 0.25) is 0 Å². The van der Waals surface area contributed by atoms with Gasteiger partial charge in [0, 0.05) is 58.2 Å². The number of likely N-dealkylation sites (tertiary alicyclic amines) is 1. The summed E-state index contributed by atoms with van der Waals surface area (Å²) in [6, 6.07) is 7.45. The molecule has 0 saturated carbocycles. The van der Waals surface area contributed by atoms with E-state index in [1.165, 1.54) is 7.11 Å². The summed E-state index contributed by atoms with van der Waals surface area (Å²) in [6.07, 6.45) is 2.71. The van der Waals surface area contributed by atoms with Crippen molar-refractivity contribution in [2.24, 2.45) is 0 Å². The average Bonchev–Trinajstić information content (AvgIpc) is 2.93. The molecule has 2 heterocycles. The zero-order valence-electron chi connectivity index (χ0n) is 16.9. The molecule has 3 rings (SSSR count). The number of ether oxygens (including phenoxy) is 2. The molecule has 154 valence electrons. The molecule has 0 bridgehead atoms. The second kappa shape index (κ2) is 9.89. The lowest BCUT2D eigenvalue weighted by Crippen LogP contribution is -2.43. The van der Waals surface area contributed by atoms with Crippen LogP contribution < -0.4 is 4.74 Å². The van der Waals surface area contributed by atoms with Crippen LogP contribution in [-0.4, -0.2) is 92.7 Å². The van der Waals surface area contributed by atoms with Crippen LogP contribution in [0, 0.1) is 0 Å². The number of nitrogens with zero attached hydrogens (tertiary/aromatic N) is 3. The molecule has 2 aliphatic heterocycles. The number of hydrogen-bond donors (Lipinski definition) is 0. The molecule has 2 amide bonds. The van der Waals surface area contributed by atoms with Gasteiger partial charge in [-0.2, -0.15) is 0 Å². The number of methoxy groups -OCH3 is 1. The standard InChI is InChI=1S/C21H31N3O4/c1-22-10-3-11-24(15-14-22)21(26)17-4-6-18(7-5-17)28-19-8-12-23(13-9-19)20(25)16-27-2/h4-7,19H,3,8-16H2,1-2H3. The Morgan fingerprint density at radius 1 is 0.964 bits per heavy atom. The van der Waals surface area contributed by atoms with Crippen LogP contribution in [0.5, 0.6) is 5.75 Å². The van der Waals surface area contributed by atoms with Gasteiger partial charge >= 0.3 is 0 Å². The molecule has 0 N–H and O–H groups in total. The molecule has 1 aromatic carbocycles. The van der Waals surface area contributed by atoms with Crippen molar-refractivity contribution < 1.29 is 19.1 Å². The second-order valence-electron chi connectivity index (χ2n) is 7.60. The predicted octanol–water partition coefficient (Wildman–Crippen LogP) is 1.48. The first-order valence-electron chi connectivity index (χ1n) is 10.1. The van der Waals surface area contributed by atoms with Crippen LogP contribution in [0.3, 0.4) is 0 Å². The molecule has 2 fully saturated rings. The first-order valence-corrected chi connectivity index (χ1v) is 10.1. The molecule has 7 heteroatoms. The first-order chi connectivity index (χ1) is 13.6. The molecular weight excluding hydrogens is 358 g/mol. The quantitative estimate of drug-likeness (QED) is 0.763. The number of carbonyl (C=O) groups is 2. The Hall–Kier alpha value is -2.12. The van der Waals surface area contributed by atoms with Gasteiger partial charge < -0.3 is 24.2 Å². The van der Waals surface area contributed by atoms with Crippen molar-refractivity contribution >= 4 is 11.8 Å². The second-order valence-corrected chi connectivity index (χ2v) is 7.60. The smallest absolute Gasteiger partial charge is 0.253 e. The van der Waals surface area contributed by atoms with Crippen molar-refractivity contribution in [2.45, 2.75) is 25.4 Å². The molecule has 0 unspecified atom stereocenters. The summed E-state index contributed by atoms with van der Waals surface area (Å²) >= 11 is 0. The molecule has 0 radical (unpaired) electrons. The van der Waals surface area contributed by atoms with E-state index in [0.29, 0.717) is 18.7 Å². The van der Waals surface area contributed by atoms with Gasteiger partial charge in [-0.3, -0.25) is 9.59 Å². The summed E-state index contributed by atoms with van der Waals surface area (Å²) in [5.41, 5.74) is 0.705. The van der Waals surface area contributed by atoms with Crippen LogP contribution in [0.1, 0.15) is 29.6 Å². The van der Waals surface area contributed by atoms with Gasteiger partial charge in [-0.1, -0.05) is 0 Å². The van der Waals surface area contributed by atoms with E-state index in [0.717, 1.165) is 51.2 Å². The van der Waals surface area contributed by atoms with Gasteiger partial charge in [0.25, 0.3) is 5.91 Å². The number of rotatable bonds is 5. The Labute approximate surface area is 167 Å². The summed E-state index contributed by atoms with van der Waals surface area (Å²) in [6.45, 7) is 5.04. The van der Waals surface area contributed by atoms with Crippen molar-refractivity contribution in [2.75, 3.05) is 60.0 Å². The number of amides is 2. The topological polar surface area (TPSA) is 62.3 Å². The minimum absolute atomic E-state index is 0.0310. The largest absolute Gasteiger partial charge is 0.490 e. The summed E-state index contributed by atoms with van der Waals surface area (Å²) in [7, 11) is 3.63. The average molecular weight is 389 g/mol. The predicted molar refractivity (Wildman–Crippen MR) is 107 cm³/mol. The fourth-order valence-electron chi connectivity index (χ4n) is 3.74. The number of benzene rings is 1. The van der Waals surface area contributed by atoms with Crippen molar-refractivity contribution in [3.05, 3.63) is 29.8 Å². The lowest BCUT2D eigenvalue weighted by Gasteiger charge is -2.32. The minimum Gasteiger partial charge on any atom is -0.490 e. The van der Waals surface area contributed by atoms with E-state index >= 15 is 0 Å². The van der Waals surface area contributed by atoms with E-state index in [1.54, 1.807) is 0 Å².